The Morgan fingerprint density at radius 1 is 1.11 bits per heavy atom. The van der Waals surface area contributed by atoms with Crippen LogP contribution in [-0.4, -0.2) is 33.4 Å². The molecule has 1 aromatic rings. The number of hydrogen-bond acceptors (Lipinski definition) is 2. The van der Waals surface area contributed by atoms with Gasteiger partial charge in [0.2, 0.25) is 0 Å². The minimum atomic E-state index is 0.546. The van der Waals surface area contributed by atoms with Gasteiger partial charge in [-0.05, 0) is 36.1 Å². The summed E-state index contributed by atoms with van der Waals surface area (Å²) in [5, 5.41) is 2.27. The molecule has 0 bridgehead atoms. The Morgan fingerprint density at radius 2 is 1.89 bits per heavy atom. The van der Waals surface area contributed by atoms with Gasteiger partial charge in [-0.25, -0.2) is 0 Å². The zero-order chi connectivity index (χ0) is 14.1. The SMILES string of the molecule is COCC[NH2+]CCCOc1cc(C)cc(C(C)C)c1. The highest BCUT2D eigenvalue weighted by atomic mass is 16.5. The van der Waals surface area contributed by atoms with Crippen molar-refractivity contribution < 1.29 is 14.8 Å². The summed E-state index contributed by atoms with van der Waals surface area (Å²) in [5.41, 5.74) is 2.62. The largest absolute Gasteiger partial charge is 0.493 e. The number of methoxy groups -OCH3 is 1. The molecule has 1 rings (SSSR count). The molecule has 3 nitrogen and oxygen atoms in total. The molecule has 19 heavy (non-hydrogen) atoms. The van der Waals surface area contributed by atoms with E-state index in [1.165, 1.54) is 11.1 Å². The Labute approximate surface area is 117 Å². The van der Waals surface area contributed by atoms with Crippen molar-refractivity contribution in [3.8, 4) is 5.75 Å². The Kier molecular flexibility index (Phi) is 7.53. The van der Waals surface area contributed by atoms with E-state index in [0.717, 1.165) is 38.5 Å². The molecule has 0 fully saturated rings. The summed E-state index contributed by atoms with van der Waals surface area (Å²) in [6.07, 6.45) is 1.06. The maximum absolute atomic E-state index is 5.83. The lowest BCUT2D eigenvalue weighted by Crippen LogP contribution is -2.85. The second-order valence-electron chi connectivity index (χ2n) is 5.29. The number of aryl methyl sites for hydroxylation is 1. The van der Waals surface area contributed by atoms with E-state index >= 15 is 0 Å². The number of nitrogens with two attached hydrogens (primary N) is 1. The van der Waals surface area contributed by atoms with Gasteiger partial charge in [0, 0.05) is 13.5 Å². The van der Waals surface area contributed by atoms with Crippen LogP contribution in [0.4, 0.5) is 0 Å². The first-order valence-electron chi connectivity index (χ1n) is 7.18. The van der Waals surface area contributed by atoms with Gasteiger partial charge >= 0.3 is 0 Å². The average molecular weight is 266 g/mol. The molecule has 1 aromatic carbocycles. The third-order valence-electron chi connectivity index (χ3n) is 3.09. The quantitative estimate of drug-likeness (QED) is 0.695. The van der Waals surface area contributed by atoms with Gasteiger partial charge in [-0.15, -0.1) is 0 Å². The van der Waals surface area contributed by atoms with Gasteiger partial charge < -0.3 is 14.8 Å². The van der Waals surface area contributed by atoms with E-state index in [-0.39, 0.29) is 0 Å². The molecule has 0 aliphatic carbocycles. The lowest BCUT2D eigenvalue weighted by Gasteiger charge is -2.11. The molecule has 0 aliphatic rings. The smallest absolute Gasteiger partial charge is 0.119 e. The second kappa shape index (κ2) is 8.94. The van der Waals surface area contributed by atoms with Crippen LogP contribution in [0.1, 0.15) is 37.3 Å². The molecule has 0 saturated carbocycles. The first-order chi connectivity index (χ1) is 9.13. The fraction of sp³-hybridized carbons (Fsp3) is 0.625. The summed E-state index contributed by atoms with van der Waals surface area (Å²) >= 11 is 0. The van der Waals surface area contributed by atoms with E-state index in [2.05, 4.69) is 44.3 Å². The van der Waals surface area contributed by atoms with E-state index in [0.29, 0.717) is 5.92 Å². The van der Waals surface area contributed by atoms with Crippen LogP contribution in [0.2, 0.25) is 0 Å². The summed E-state index contributed by atoms with van der Waals surface area (Å²) in [4.78, 5) is 0. The van der Waals surface area contributed by atoms with Gasteiger partial charge in [-0.1, -0.05) is 19.9 Å². The van der Waals surface area contributed by atoms with Crippen LogP contribution in [0.5, 0.6) is 5.75 Å². The second-order valence-corrected chi connectivity index (χ2v) is 5.29. The molecule has 108 valence electrons. The maximum atomic E-state index is 5.83. The number of rotatable bonds is 9. The first kappa shape index (κ1) is 16.0. The minimum absolute atomic E-state index is 0.546. The van der Waals surface area contributed by atoms with Crippen molar-refractivity contribution in [1.29, 1.82) is 0 Å². The molecule has 2 N–H and O–H groups in total. The molecular weight excluding hydrogens is 238 g/mol. The van der Waals surface area contributed by atoms with Crippen molar-refractivity contribution in [3.05, 3.63) is 29.3 Å². The summed E-state index contributed by atoms with van der Waals surface area (Å²) in [6.45, 7) is 10.3. The van der Waals surface area contributed by atoms with Gasteiger partial charge in [-0.2, -0.15) is 0 Å². The third kappa shape index (κ3) is 6.60. The standard InChI is InChI=1S/C16H27NO2/c1-13(2)15-10-14(3)11-16(12-15)19-8-5-6-17-7-9-18-4/h10-13,17H,5-9H2,1-4H3/p+1. The fourth-order valence-electron chi connectivity index (χ4n) is 1.96. The van der Waals surface area contributed by atoms with Gasteiger partial charge in [0.1, 0.15) is 5.75 Å². The molecule has 0 atom stereocenters. The van der Waals surface area contributed by atoms with Crippen LogP contribution in [0.15, 0.2) is 18.2 Å². The Morgan fingerprint density at radius 3 is 2.58 bits per heavy atom. The van der Waals surface area contributed by atoms with Crippen molar-refractivity contribution in [2.24, 2.45) is 0 Å². The van der Waals surface area contributed by atoms with Gasteiger partial charge in [0.05, 0.1) is 26.3 Å². The monoisotopic (exact) mass is 266 g/mol. The van der Waals surface area contributed by atoms with Crippen LogP contribution < -0.4 is 10.1 Å². The first-order valence-corrected chi connectivity index (χ1v) is 7.18. The molecule has 0 amide bonds. The minimum Gasteiger partial charge on any atom is -0.493 e. The third-order valence-corrected chi connectivity index (χ3v) is 3.09. The van der Waals surface area contributed by atoms with Crippen LogP contribution in [0.3, 0.4) is 0 Å². The number of ether oxygens (including phenoxy) is 2. The van der Waals surface area contributed by atoms with Crippen LogP contribution in [0, 0.1) is 6.92 Å². The molecule has 0 aliphatic heterocycles. The highest BCUT2D eigenvalue weighted by Gasteiger charge is 2.03. The summed E-state index contributed by atoms with van der Waals surface area (Å²) < 4.78 is 10.8. The predicted octanol–water partition coefficient (Wildman–Crippen LogP) is 2.10. The topological polar surface area (TPSA) is 35.1 Å². The normalized spacial score (nSPS) is 11.0. The lowest BCUT2D eigenvalue weighted by atomic mass is 10.0. The Bertz CT molecular complexity index is 364. The molecule has 0 radical (unpaired) electrons. The average Bonchev–Trinajstić information content (AvgIpc) is 2.37. The number of quaternary nitrogens is 1. The summed E-state index contributed by atoms with van der Waals surface area (Å²) in [7, 11) is 1.74. The van der Waals surface area contributed by atoms with Crippen molar-refractivity contribution in [3.63, 3.8) is 0 Å². The summed E-state index contributed by atoms with van der Waals surface area (Å²) in [6, 6.07) is 6.50. The lowest BCUT2D eigenvalue weighted by molar-refractivity contribution is -0.656. The number of hydrogen-bond donors (Lipinski definition) is 1. The molecule has 0 saturated heterocycles. The van der Waals surface area contributed by atoms with Gasteiger partial charge in [-0.3, -0.25) is 0 Å². The molecule has 0 heterocycles. The van der Waals surface area contributed by atoms with Crippen molar-refractivity contribution in [2.45, 2.75) is 33.1 Å². The highest BCUT2D eigenvalue weighted by molar-refractivity contribution is 5.35. The zero-order valence-electron chi connectivity index (χ0n) is 12.7. The van der Waals surface area contributed by atoms with E-state index in [1.54, 1.807) is 7.11 Å². The van der Waals surface area contributed by atoms with E-state index < -0.39 is 0 Å². The molecule has 0 aromatic heterocycles. The van der Waals surface area contributed by atoms with Crippen molar-refractivity contribution in [2.75, 3.05) is 33.4 Å². The molecule has 0 unspecified atom stereocenters. The Hall–Kier alpha value is -1.06. The van der Waals surface area contributed by atoms with Crippen molar-refractivity contribution in [1.82, 2.24) is 0 Å². The van der Waals surface area contributed by atoms with Gasteiger partial charge in [0.25, 0.3) is 0 Å². The molecule has 0 spiro atoms. The number of benzene rings is 1. The van der Waals surface area contributed by atoms with E-state index in [1.807, 2.05) is 0 Å². The van der Waals surface area contributed by atoms with Crippen LogP contribution in [0.25, 0.3) is 0 Å². The predicted molar refractivity (Wildman–Crippen MR) is 78.9 cm³/mol. The zero-order valence-corrected chi connectivity index (χ0v) is 12.7. The Balaban J connectivity index is 2.29. The summed E-state index contributed by atoms with van der Waals surface area (Å²) in [5.74, 6) is 1.55. The molecule has 3 heteroatoms. The van der Waals surface area contributed by atoms with Crippen molar-refractivity contribution >= 4 is 0 Å². The fourth-order valence-corrected chi connectivity index (χ4v) is 1.96. The van der Waals surface area contributed by atoms with Crippen LogP contribution in [-0.2, 0) is 4.74 Å². The van der Waals surface area contributed by atoms with E-state index in [9.17, 15) is 0 Å². The van der Waals surface area contributed by atoms with Gasteiger partial charge in [0.15, 0.2) is 0 Å². The van der Waals surface area contributed by atoms with E-state index in [4.69, 9.17) is 9.47 Å². The maximum Gasteiger partial charge on any atom is 0.119 e. The van der Waals surface area contributed by atoms with Crippen LogP contribution >= 0.6 is 0 Å². The highest BCUT2D eigenvalue weighted by Crippen LogP contribution is 2.22. The molecular formula is C16H28NO2+.